The van der Waals surface area contributed by atoms with Crippen LogP contribution < -0.4 is 15.5 Å². The molecule has 0 bridgehead atoms. The van der Waals surface area contributed by atoms with Gasteiger partial charge in [0, 0.05) is 36.6 Å². The van der Waals surface area contributed by atoms with Gasteiger partial charge >= 0.3 is 5.97 Å². The number of imidazole rings is 1. The van der Waals surface area contributed by atoms with Crippen molar-refractivity contribution in [3.8, 4) is 12.3 Å². The molecule has 4 aromatic rings. The summed E-state index contributed by atoms with van der Waals surface area (Å²) in [5.74, 6) is 1.26. The largest absolute Gasteiger partial charge is 0.479 e. The number of hydrogen-bond donors (Lipinski definition) is 6. The number of carboxylic acids is 1. The van der Waals surface area contributed by atoms with E-state index in [2.05, 4.69) is 36.5 Å². The number of thiazole rings is 1. The van der Waals surface area contributed by atoms with Crippen LogP contribution in [0.25, 0.3) is 11.2 Å². The highest BCUT2D eigenvalue weighted by molar-refractivity contribution is 7.07. The Morgan fingerprint density at radius 3 is 2.73 bits per heavy atom. The highest BCUT2D eigenvalue weighted by Gasteiger charge is 2.57. The van der Waals surface area contributed by atoms with Gasteiger partial charge in [0.05, 0.1) is 24.1 Å². The summed E-state index contributed by atoms with van der Waals surface area (Å²) in [4.78, 5) is 32.0. The highest BCUT2D eigenvalue weighted by Crippen LogP contribution is 2.41. The molecule has 48 heavy (non-hydrogen) atoms. The van der Waals surface area contributed by atoms with Crippen LogP contribution in [0.1, 0.15) is 37.8 Å². The molecule has 1 aromatic carbocycles. The Labute approximate surface area is 284 Å². The van der Waals surface area contributed by atoms with Crippen molar-refractivity contribution in [2.45, 2.75) is 68.7 Å². The summed E-state index contributed by atoms with van der Waals surface area (Å²) in [6, 6.07) is 7.10. The minimum absolute atomic E-state index is 0.00396. The van der Waals surface area contributed by atoms with Gasteiger partial charge in [-0.2, -0.15) is 9.97 Å². The van der Waals surface area contributed by atoms with Gasteiger partial charge in [-0.1, -0.05) is 18.1 Å². The fourth-order valence-corrected chi connectivity index (χ4v) is 6.72. The molecule has 2 fully saturated rings. The van der Waals surface area contributed by atoms with E-state index in [1.54, 1.807) is 34.5 Å². The van der Waals surface area contributed by atoms with Gasteiger partial charge < -0.3 is 40.1 Å². The molecule has 2 aliphatic rings. The third-order valence-corrected chi connectivity index (χ3v) is 9.19. The summed E-state index contributed by atoms with van der Waals surface area (Å²) in [5.41, 5.74) is -0.759. The fraction of sp³-hybridized carbons (Fsp3) is 0.452. The fourth-order valence-electron chi connectivity index (χ4n) is 5.94. The first-order valence-corrected chi connectivity index (χ1v) is 16.5. The van der Waals surface area contributed by atoms with E-state index in [0.717, 1.165) is 12.1 Å². The number of nitrogens with zero attached hydrogens (tertiary/aromatic N) is 6. The Balaban J connectivity index is 1.28. The number of rotatable bonds is 11. The van der Waals surface area contributed by atoms with Crippen molar-refractivity contribution in [3.05, 3.63) is 58.0 Å². The second-order valence-corrected chi connectivity index (χ2v) is 13.0. The standard InChI is InChI=1S/C31H35ClN8O7S/c1-4-30(45)21(47-26(23(30)41)40-15-34-22-24(36-17(2)3)37-28(32)38-25(22)40)13-46-31(27(42)43,20-14-48-16-35-20)12-18-6-8-19(9-7-18)39-11-5-10-33-29(39)44/h1,6-9,14-17,21,23,26,29,33,41,44-45H,5,10-13H2,2-3H3,(H,42,43)(H,36,37,38)/t21-,23+,26-,29?,30-,31?/m1/s1. The van der Waals surface area contributed by atoms with Gasteiger partial charge in [-0.25, -0.2) is 14.8 Å². The molecule has 0 aliphatic carbocycles. The molecule has 0 saturated carbocycles. The summed E-state index contributed by atoms with van der Waals surface area (Å²) in [6.07, 6.45) is 2.60. The molecule has 0 spiro atoms. The Morgan fingerprint density at radius 2 is 2.08 bits per heavy atom. The van der Waals surface area contributed by atoms with Gasteiger partial charge in [0.15, 0.2) is 35.2 Å². The number of aromatic nitrogens is 5. The molecule has 0 amide bonds. The van der Waals surface area contributed by atoms with Crippen LogP contribution in [0, 0.1) is 12.3 Å². The highest BCUT2D eigenvalue weighted by atomic mass is 35.5. The van der Waals surface area contributed by atoms with Crippen LogP contribution >= 0.6 is 22.9 Å². The van der Waals surface area contributed by atoms with E-state index in [9.17, 15) is 25.2 Å². The number of carboxylic acid groups (broad SMARTS) is 1. The molecule has 6 atom stereocenters. The first kappa shape index (κ1) is 34.0. The Kier molecular flexibility index (Phi) is 9.57. The summed E-state index contributed by atoms with van der Waals surface area (Å²) in [5, 5.41) is 51.5. The number of halogens is 1. The first-order chi connectivity index (χ1) is 23.0. The van der Waals surface area contributed by atoms with Crippen molar-refractivity contribution in [1.29, 1.82) is 0 Å². The van der Waals surface area contributed by atoms with E-state index >= 15 is 0 Å². The maximum atomic E-state index is 13.1. The van der Waals surface area contributed by atoms with E-state index < -0.39 is 48.6 Å². The molecule has 2 unspecified atom stereocenters. The topological polar surface area (TPSA) is 200 Å². The maximum absolute atomic E-state index is 13.1. The van der Waals surface area contributed by atoms with Gasteiger partial charge in [-0.15, -0.1) is 17.8 Å². The van der Waals surface area contributed by atoms with Crippen LogP contribution in [0.2, 0.25) is 5.28 Å². The number of benzene rings is 1. The van der Waals surface area contributed by atoms with Crippen molar-refractivity contribution in [2.75, 3.05) is 29.9 Å². The number of aliphatic hydroxyl groups excluding tert-OH is 2. The van der Waals surface area contributed by atoms with Crippen molar-refractivity contribution in [3.63, 3.8) is 0 Å². The molecule has 2 saturated heterocycles. The lowest BCUT2D eigenvalue weighted by atomic mass is 9.90. The van der Waals surface area contributed by atoms with Crippen LogP contribution in [0.4, 0.5) is 11.5 Å². The molecule has 17 heteroatoms. The molecule has 254 valence electrons. The first-order valence-electron chi connectivity index (χ1n) is 15.2. The SMILES string of the molecule is C#C[C@@]1(O)[C@@H](COC(Cc2ccc(N3CCCNC3O)cc2)(C(=O)O)c2cscn2)O[C@@H](n2cnc3c(NC(C)C)nc(Cl)nc32)[C@@H]1O. The van der Waals surface area contributed by atoms with E-state index in [0.29, 0.717) is 30.0 Å². The summed E-state index contributed by atoms with van der Waals surface area (Å²) < 4.78 is 13.7. The van der Waals surface area contributed by atoms with Gasteiger partial charge in [-0.3, -0.25) is 9.88 Å². The summed E-state index contributed by atoms with van der Waals surface area (Å²) >= 11 is 7.40. The molecular formula is C31H35ClN8O7S. The number of anilines is 2. The Hall–Kier alpha value is -3.92. The monoisotopic (exact) mass is 698 g/mol. The van der Waals surface area contributed by atoms with Crippen LogP contribution in [0.5, 0.6) is 0 Å². The van der Waals surface area contributed by atoms with Crippen molar-refractivity contribution < 1.29 is 34.7 Å². The number of nitrogens with one attached hydrogen (secondary N) is 2. The van der Waals surface area contributed by atoms with Crippen LogP contribution in [-0.4, -0.2) is 101 Å². The third kappa shape index (κ3) is 6.19. The number of terminal acetylenes is 1. The number of ether oxygens (including phenoxy) is 2. The van der Waals surface area contributed by atoms with Crippen LogP contribution in [0.3, 0.4) is 0 Å². The predicted molar refractivity (Wildman–Crippen MR) is 176 cm³/mol. The van der Waals surface area contributed by atoms with E-state index in [-0.39, 0.29) is 29.1 Å². The van der Waals surface area contributed by atoms with Gasteiger partial charge in [0.25, 0.3) is 0 Å². The zero-order valence-electron chi connectivity index (χ0n) is 26.0. The van der Waals surface area contributed by atoms with E-state index in [4.69, 9.17) is 27.5 Å². The molecule has 2 aliphatic heterocycles. The van der Waals surface area contributed by atoms with Gasteiger partial charge in [0.2, 0.25) is 10.9 Å². The van der Waals surface area contributed by atoms with Crippen molar-refractivity contribution in [1.82, 2.24) is 29.8 Å². The number of aliphatic carboxylic acids is 1. The lowest BCUT2D eigenvalue weighted by Crippen LogP contribution is -2.51. The molecule has 15 nitrogen and oxygen atoms in total. The molecule has 6 N–H and O–H groups in total. The number of aliphatic hydroxyl groups is 3. The smallest absolute Gasteiger partial charge is 0.342 e. The average Bonchev–Trinajstić information content (AvgIpc) is 3.80. The minimum atomic E-state index is -2.30. The van der Waals surface area contributed by atoms with Crippen molar-refractivity contribution >= 4 is 51.6 Å². The quantitative estimate of drug-likeness (QED) is 0.0976. The van der Waals surface area contributed by atoms with Crippen molar-refractivity contribution in [2.24, 2.45) is 0 Å². The lowest BCUT2D eigenvalue weighted by molar-refractivity contribution is -0.179. The van der Waals surface area contributed by atoms with Crippen LogP contribution in [0.15, 0.2) is 41.5 Å². The van der Waals surface area contributed by atoms with E-state index in [1.165, 1.54) is 27.7 Å². The minimum Gasteiger partial charge on any atom is -0.479 e. The Bertz CT molecular complexity index is 1800. The zero-order chi connectivity index (χ0) is 34.2. The number of hydrogen-bond acceptors (Lipinski definition) is 14. The molecule has 6 rings (SSSR count). The molecule has 5 heterocycles. The summed E-state index contributed by atoms with van der Waals surface area (Å²) in [7, 11) is 0. The summed E-state index contributed by atoms with van der Waals surface area (Å²) in [6.45, 7) is 4.65. The maximum Gasteiger partial charge on any atom is 0.342 e. The number of fused-ring (bicyclic) bond motifs is 1. The van der Waals surface area contributed by atoms with E-state index in [1.807, 2.05) is 13.8 Å². The number of carbonyl (C=O) groups is 1. The molecule has 0 radical (unpaired) electrons. The zero-order valence-corrected chi connectivity index (χ0v) is 27.6. The third-order valence-electron chi connectivity index (χ3n) is 8.43. The average molecular weight is 699 g/mol. The van der Waals surface area contributed by atoms with Crippen LogP contribution in [-0.2, 0) is 26.3 Å². The molecular weight excluding hydrogens is 664 g/mol. The van der Waals surface area contributed by atoms with Gasteiger partial charge in [-0.05, 0) is 49.6 Å². The predicted octanol–water partition coefficient (Wildman–Crippen LogP) is 1.69. The second-order valence-electron chi connectivity index (χ2n) is 11.9. The molecule has 3 aromatic heterocycles. The lowest BCUT2D eigenvalue weighted by Gasteiger charge is -2.35. The Morgan fingerprint density at radius 1 is 1.31 bits per heavy atom. The second kappa shape index (κ2) is 13.5. The van der Waals surface area contributed by atoms with Gasteiger partial charge in [0.1, 0.15) is 12.2 Å². The normalized spacial score (nSPS) is 25.7.